The summed E-state index contributed by atoms with van der Waals surface area (Å²) in [6.45, 7) is 5.86. The first kappa shape index (κ1) is 13.6. The van der Waals surface area contributed by atoms with Gasteiger partial charge < -0.3 is 11.1 Å². The molecule has 1 atom stereocenters. The number of hydrogen-bond acceptors (Lipinski definition) is 4. The third-order valence-corrected chi connectivity index (χ3v) is 3.85. The van der Waals surface area contributed by atoms with Gasteiger partial charge in [0.25, 0.3) is 0 Å². The van der Waals surface area contributed by atoms with Gasteiger partial charge in [0.1, 0.15) is 6.54 Å². The zero-order valence-corrected chi connectivity index (χ0v) is 12.1. The van der Waals surface area contributed by atoms with Crippen molar-refractivity contribution in [2.24, 2.45) is 0 Å². The molecule has 2 heterocycles. The number of nitrogen functional groups attached to an aromatic ring is 1. The minimum atomic E-state index is -0.0655. The Morgan fingerprint density at radius 3 is 2.84 bits per heavy atom. The van der Waals surface area contributed by atoms with Gasteiger partial charge in [0, 0.05) is 0 Å². The van der Waals surface area contributed by atoms with Crippen molar-refractivity contribution in [1.29, 1.82) is 0 Å². The Bertz CT molecular complexity index is 574. The Balaban J connectivity index is 2.00. The van der Waals surface area contributed by atoms with Gasteiger partial charge in [0.15, 0.2) is 0 Å². The van der Waals surface area contributed by atoms with Crippen molar-refractivity contribution in [3.05, 3.63) is 33.8 Å². The van der Waals surface area contributed by atoms with Crippen LogP contribution in [-0.2, 0) is 11.3 Å². The fraction of sp³-hybridized carbons (Fsp3) is 0.385. The summed E-state index contributed by atoms with van der Waals surface area (Å²) < 4.78 is 1.64. The summed E-state index contributed by atoms with van der Waals surface area (Å²) in [5, 5.41) is 11.2. The second-order valence-corrected chi connectivity index (χ2v) is 5.37. The Morgan fingerprint density at radius 1 is 1.58 bits per heavy atom. The number of rotatable bonds is 4. The maximum absolute atomic E-state index is 12.0. The molecule has 3 N–H and O–H groups in total. The molecular weight excluding hydrogens is 260 g/mol. The Morgan fingerprint density at radius 2 is 2.32 bits per heavy atom. The van der Waals surface area contributed by atoms with Gasteiger partial charge >= 0.3 is 0 Å². The van der Waals surface area contributed by atoms with E-state index < -0.39 is 0 Å². The Labute approximate surface area is 116 Å². The molecule has 0 saturated carbocycles. The van der Waals surface area contributed by atoms with Crippen LogP contribution in [0.2, 0.25) is 0 Å². The second kappa shape index (κ2) is 5.44. The number of aryl methyl sites for hydroxylation is 1. The predicted octanol–water partition coefficient (Wildman–Crippen LogP) is 2.02. The van der Waals surface area contributed by atoms with Crippen LogP contribution < -0.4 is 11.1 Å². The minimum absolute atomic E-state index is 0.00747. The van der Waals surface area contributed by atoms with E-state index in [9.17, 15) is 4.79 Å². The van der Waals surface area contributed by atoms with Gasteiger partial charge in [-0.3, -0.25) is 9.48 Å². The molecule has 0 aliphatic carbocycles. The van der Waals surface area contributed by atoms with Crippen LogP contribution in [-0.4, -0.2) is 15.7 Å². The van der Waals surface area contributed by atoms with Crippen molar-refractivity contribution in [3.63, 3.8) is 0 Å². The lowest BCUT2D eigenvalue weighted by atomic mass is 10.2. The molecule has 0 bridgehead atoms. The molecule has 0 aromatic carbocycles. The molecule has 2 aromatic rings. The Hall–Kier alpha value is -1.82. The molecule has 5 nitrogen and oxygen atoms in total. The van der Waals surface area contributed by atoms with E-state index in [2.05, 4.69) is 10.4 Å². The number of aromatic nitrogens is 2. The van der Waals surface area contributed by atoms with E-state index in [1.165, 1.54) is 0 Å². The van der Waals surface area contributed by atoms with Crippen LogP contribution in [0.1, 0.15) is 29.9 Å². The molecule has 0 radical (unpaired) electrons. The fourth-order valence-electron chi connectivity index (χ4n) is 1.89. The van der Waals surface area contributed by atoms with Crippen LogP contribution in [0, 0.1) is 13.8 Å². The summed E-state index contributed by atoms with van der Waals surface area (Å²) in [6.07, 6.45) is 0. The second-order valence-electron chi connectivity index (χ2n) is 4.59. The van der Waals surface area contributed by atoms with Gasteiger partial charge in [-0.2, -0.15) is 16.4 Å². The molecular formula is C13H18N4OS. The highest BCUT2D eigenvalue weighted by molar-refractivity contribution is 7.07. The van der Waals surface area contributed by atoms with Crippen molar-refractivity contribution in [3.8, 4) is 0 Å². The lowest BCUT2D eigenvalue weighted by Gasteiger charge is -2.13. The topological polar surface area (TPSA) is 72.9 Å². The highest BCUT2D eigenvalue weighted by Gasteiger charge is 2.14. The molecule has 1 amide bonds. The third kappa shape index (κ3) is 2.96. The lowest BCUT2D eigenvalue weighted by molar-refractivity contribution is -0.122. The first-order valence-corrected chi connectivity index (χ1v) is 7.04. The van der Waals surface area contributed by atoms with Crippen LogP contribution in [0.15, 0.2) is 16.8 Å². The van der Waals surface area contributed by atoms with Crippen LogP contribution in [0.3, 0.4) is 0 Å². The molecule has 0 saturated heterocycles. The van der Waals surface area contributed by atoms with Gasteiger partial charge in [0.05, 0.1) is 23.1 Å². The monoisotopic (exact) mass is 278 g/mol. The van der Waals surface area contributed by atoms with Gasteiger partial charge in [-0.1, -0.05) is 0 Å². The molecule has 0 fully saturated rings. The molecule has 0 spiro atoms. The molecule has 19 heavy (non-hydrogen) atoms. The van der Waals surface area contributed by atoms with E-state index in [1.807, 2.05) is 37.6 Å². The van der Waals surface area contributed by atoms with Gasteiger partial charge in [0.2, 0.25) is 5.91 Å². The van der Waals surface area contributed by atoms with E-state index in [-0.39, 0.29) is 18.5 Å². The zero-order chi connectivity index (χ0) is 14.0. The molecule has 1 unspecified atom stereocenters. The minimum Gasteiger partial charge on any atom is -0.396 e. The SMILES string of the molecule is Cc1nn(CC(=O)NC(C)c2ccsc2)c(C)c1N. The van der Waals surface area contributed by atoms with E-state index in [4.69, 9.17) is 5.73 Å². The molecule has 0 aliphatic rings. The molecule has 2 rings (SSSR count). The number of carbonyl (C=O) groups is 1. The van der Waals surface area contributed by atoms with Crippen LogP contribution in [0.4, 0.5) is 5.69 Å². The highest BCUT2D eigenvalue weighted by atomic mass is 32.1. The summed E-state index contributed by atoms with van der Waals surface area (Å²) >= 11 is 1.62. The predicted molar refractivity (Wildman–Crippen MR) is 77.0 cm³/mol. The molecule has 2 aromatic heterocycles. The average molecular weight is 278 g/mol. The zero-order valence-electron chi connectivity index (χ0n) is 11.3. The van der Waals surface area contributed by atoms with E-state index in [0.717, 1.165) is 17.0 Å². The molecule has 102 valence electrons. The third-order valence-electron chi connectivity index (χ3n) is 3.15. The van der Waals surface area contributed by atoms with E-state index >= 15 is 0 Å². The summed E-state index contributed by atoms with van der Waals surface area (Å²) in [6, 6.07) is 2.02. The largest absolute Gasteiger partial charge is 0.396 e. The van der Waals surface area contributed by atoms with Crippen molar-refractivity contribution in [2.75, 3.05) is 5.73 Å². The van der Waals surface area contributed by atoms with E-state index in [1.54, 1.807) is 16.0 Å². The summed E-state index contributed by atoms with van der Waals surface area (Å²) in [5.74, 6) is -0.0655. The average Bonchev–Trinajstić information content (AvgIpc) is 2.96. The molecule has 0 aliphatic heterocycles. The number of nitrogens with zero attached hydrogens (tertiary/aromatic N) is 2. The number of nitrogens with one attached hydrogen (secondary N) is 1. The van der Waals surface area contributed by atoms with Crippen molar-refractivity contribution < 1.29 is 4.79 Å². The van der Waals surface area contributed by atoms with Crippen LogP contribution in [0.25, 0.3) is 0 Å². The normalized spacial score (nSPS) is 12.4. The van der Waals surface area contributed by atoms with Gasteiger partial charge in [-0.25, -0.2) is 0 Å². The number of amides is 1. The maximum atomic E-state index is 12.0. The van der Waals surface area contributed by atoms with Gasteiger partial charge in [-0.05, 0) is 43.2 Å². The van der Waals surface area contributed by atoms with E-state index in [0.29, 0.717) is 5.69 Å². The number of anilines is 1. The number of carbonyl (C=O) groups excluding carboxylic acids is 1. The Kier molecular flexibility index (Phi) is 3.90. The lowest BCUT2D eigenvalue weighted by Crippen LogP contribution is -2.30. The fourth-order valence-corrected chi connectivity index (χ4v) is 2.65. The number of thiophene rings is 1. The van der Waals surface area contributed by atoms with Crippen LogP contribution >= 0.6 is 11.3 Å². The first-order chi connectivity index (χ1) is 8.99. The molecule has 6 heteroatoms. The maximum Gasteiger partial charge on any atom is 0.242 e. The quantitative estimate of drug-likeness (QED) is 0.898. The smallest absolute Gasteiger partial charge is 0.242 e. The van der Waals surface area contributed by atoms with Crippen molar-refractivity contribution >= 4 is 22.9 Å². The summed E-state index contributed by atoms with van der Waals surface area (Å²) in [7, 11) is 0. The van der Waals surface area contributed by atoms with Crippen molar-refractivity contribution in [2.45, 2.75) is 33.4 Å². The first-order valence-electron chi connectivity index (χ1n) is 6.10. The number of nitrogens with two attached hydrogens (primary N) is 1. The van der Waals surface area contributed by atoms with Crippen molar-refractivity contribution in [1.82, 2.24) is 15.1 Å². The summed E-state index contributed by atoms with van der Waals surface area (Å²) in [4.78, 5) is 12.0. The summed E-state index contributed by atoms with van der Waals surface area (Å²) in [5.41, 5.74) is 9.20. The van der Waals surface area contributed by atoms with Gasteiger partial charge in [-0.15, -0.1) is 0 Å². The van der Waals surface area contributed by atoms with Crippen LogP contribution in [0.5, 0.6) is 0 Å². The number of hydrogen-bond donors (Lipinski definition) is 2. The standard InChI is InChI=1S/C13H18N4OS/c1-8(11-4-5-19-7-11)15-12(18)6-17-10(3)13(14)9(2)16-17/h4-5,7-8H,6,14H2,1-3H3,(H,15,18). The highest BCUT2D eigenvalue weighted by Crippen LogP contribution is 2.16.